The molecule has 3 fully saturated rings. The van der Waals surface area contributed by atoms with Gasteiger partial charge in [-0.25, -0.2) is 0 Å². The van der Waals surface area contributed by atoms with Gasteiger partial charge in [0.25, 0.3) is 0 Å². The van der Waals surface area contributed by atoms with Gasteiger partial charge < -0.3 is 19.8 Å². The first-order chi connectivity index (χ1) is 15.8. The molecular weight excluding hydrogens is 426 g/mol. The number of allylic oxidation sites excluding steroid dienone is 1. The molecule has 0 spiro atoms. The molecule has 0 aliphatic carbocycles. The molecule has 0 radical (unpaired) electrons. The van der Waals surface area contributed by atoms with Crippen molar-refractivity contribution in [1.82, 2.24) is 14.7 Å². The Hall–Kier alpha value is -1.56. The maximum absolute atomic E-state index is 11.4. The van der Waals surface area contributed by atoms with Crippen LogP contribution in [0.3, 0.4) is 0 Å². The Morgan fingerprint density at radius 2 is 1.12 bits per heavy atom. The third-order valence-electron chi connectivity index (χ3n) is 6.73. The van der Waals surface area contributed by atoms with Crippen LogP contribution in [0.2, 0.25) is 0 Å². The van der Waals surface area contributed by atoms with E-state index in [-0.39, 0.29) is 23.4 Å². The molecular formula is C28H53N3O3. The monoisotopic (exact) mass is 479 g/mol. The lowest BCUT2D eigenvalue weighted by Gasteiger charge is -2.30. The minimum Gasteiger partial charge on any atom is -0.391 e. The second-order valence-corrected chi connectivity index (χ2v) is 11.7. The molecule has 34 heavy (non-hydrogen) atoms. The van der Waals surface area contributed by atoms with Crippen molar-refractivity contribution in [3.63, 3.8) is 0 Å². The van der Waals surface area contributed by atoms with Gasteiger partial charge in [-0.15, -0.1) is 0 Å². The highest BCUT2D eigenvalue weighted by Gasteiger charge is 2.27. The first-order valence-electron chi connectivity index (χ1n) is 13.5. The zero-order valence-electron chi connectivity index (χ0n) is 23.2. The number of likely N-dealkylation sites (tertiary alicyclic amines) is 3. The van der Waals surface area contributed by atoms with Gasteiger partial charge in [-0.3, -0.25) is 9.59 Å². The van der Waals surface area contributed by atoms with Crippen LogP contribution in [-0.2, 0) is 9.59 Å². The fraction of sp³-hybridized carbons (Fsp3) is 0.857. The van der Waals surface area contributed by atoms with Crippen LogP contribution in [0.15, 0.2) is 12.3 Å². The van der Waals surface area contributed by atoms with E-state index in [2.05, 4.69) is 32.3 Å². The smallest absolute Gasteiger partial charge is 0.225 e. The lowest BCUT2D eigenvalue weighted by atomic mass is 9.92. The van der Waals surface area contributed by atoms with Crippen LogP contribution < -0.4 is 0 Å². The molecule has 3 aliphatic rings. The molecule has 6 heteroatoms. The van der Waals surface area contributed by atoms with E-state index in [4.69, 9.17) is 0 Å². The van der Waals surface area contributed by atoms with Gasteiger partial charge in [0.15, 0.2) is 0 Å². The third-order valence-corrected chi connectivity index (χ3v) is 6.73. The van der Waals surface area contributed by atoms with Crippen LogP contribution in [0, 0.1) is 17.3 Å². The zero-order valence-corrected chi connectivity index (χ0v) is 23.2. The minimum atomic E-state index is -0.149. The van der Waals surface area contributed by atoms with Gasteiger partial charge in [0.1, 0.15) is 0 Å². The predicted octanol–water partition coefficient (Wildman–Crippen LogP) is 4.92. The molecule has 198 valence electrons. The number of carbonyl (C=O) groups is 2. The number of aliphatic hydroxyl groups is 1. The number of hydrogen-bond acceptors (Lipinski definition) is 4. The maximum atomic E-state index is 11.4. The van der Waals surface area contributed by atoms with Gasteiger partial charge in [0, 0.05) is 62.2 Å². The number of amides is 2. The number of hydrogen-bond donors (Lipinski definition) is 1. The van der Waals surface area contributed by atoms with E-state index in [1.807, 2.05) is 37.5 Å². The van der Waals surface area contributed by atoms with E-state index >= 15 is 0 Å². The Balaban J connectivity index is 0.000000255. The molecule has 0 aromatic rings. The molecule has 6 nitrogen and oxygen atoms in total. The Labute approximate surface area is 209 Å². The SMILES string of the molecule is C=C(N1CC[C@@H](O)C1)C(C)(C)C.CC(C)C(=O)N1CCCCC1.CC(C)C(=O)N1CCCCC1. The normalized spacial score (nSPS) is 21.0. The summed E-state index contributed by atoms with van der Waals surface area (Å²) in [7, 11) is 0. The fourth-order valence-electron chi connectivity index (χ4n) is 4.42. The number of carbonyl (C=O) groups excluding carboxylic acids is 2. The highest BCUT2D eigenvalue weighted by molar-refractivity contribution is 5.78. The molecule has 3 heterocycles. The fourth-order valence-corrected chi connectivity index (χ4v) is 4.42. The molecule has 0 aromatic carbocycles. The van der Waals surface area contributed by atoms with E-state index in [0.717, 1.165) is 51.4 Å². The number of piperidine rings is 2. The molecule has 3 saturated heterocycles. The zero-order chi connectivity index (χ0) is 25.9. The number of nitrogens with zero attached hydrogens (tertiary/aromatic N) is 3. The molecule has 1 N–H and O–H groups in total. The van der Waals surface area contributed by atoms with Crippen molar-refractivity contribution >= 4 is 11.8 Å². The van der Waals surface area contributed by atoms with E-state index in [1.165, 1.54) is 38.5 Å². The predicted molar refractivity (Wildman–Crippen MR) is 141 cm³/mol. The lowest BCUT2D eigenvalue weighted by molar-refractivity contribution is -0.136. The second-order valence-electron chi connectivity index (χ2n) is 11.7. The van der Waals surface area contributed by atoms with Crippen LogP contribution >= 0.6 is 0 Å². The summed E-state index contributed by atoms with van der Waals surface area (Å²) in [6.45, 7) is 24.0. The number of aliphatic hydroxyl groups excluding tert-OH is 1. The molecule has 3 aliphatic heterocycles. The number of rotatable bonds is 3. The standard InChI is InChI=1S/C10H19NO.2C9H17NO/c1-8(10(2,3)4)11-6-5-9(12)7-11;2*1-8(2)9(11)10-6-4-3-5-7-10/h9,12H,1,5-7H2,2-4H3;2*8H,3-7H2,1-2H3/t9-;;/m1../s1. The van der Waals surface area contributed by atoms with Gasteiger partial charge in [-0.2, -0.15) is 0 Å². The van der Waals surface area contributed by atoms with Crippen LogP contribution in [0.4, 0.5) is 0 Å². The van der Waals surface area contributed by atoms with Gasteiger partial charge in [0.2, 0.25) is 11.8 Å². The molecule has 0 aromatic heterocycles. The first-order valence-corrected chi connectivity index (χ1v) is 13.5. The van der Waals surface area contributed by atoms with Crippen molar-refractivity contribution in [2.45, 2.75) is 99.5 Å². The van der Waals surface area contributed by atoms with E-state index in [9.17, 15) is 14.7 Å². The average molecular weight is 480 g/mol. The summed E-state index contributed by atoms with van der Waals surface area (Å²) in [5.74, 6) is 0.996. The molecule has 1 atom stereocenters. The number of β-amino-alcohol motifs (C(OH)–C–C–N with tert-alkyl or cyclic N) is 1. The quantitative estimate of drug-likeness (QED) is 0.624. The lowest BCUT2D eigenvalue weighted by Crippen LogP contribution is -2.38. The highest BCUT2D eigenvalue weighted by Crippen LogP contribution is 2.29. The second kappa shape index (κ2) is 14.8. The molecule has 0 unspecified atom stereocenters. The summed E-state index contributed by atoms with van der Waals surface area (Å²) in [6.07, 6.45) is 8.09. The molecule has 3 rings (SSSR count). The summed E-state index contributed by atoms with van der Waals surface area (Å²) >= 11 is 0. The Morgan fingerprint density at radius 1 is 0.735 bits per heavy atom. The Morgan fingerprint density at radius 3 is 1.38 bits per heavy atom. The minimum absolute atomic E-state index is 0.129. The molecule has 0 saturated carbocycles. The van der Waals surface area contributed by atoms with E-state index < -0.39 is 0 Å². The topological polar surface area (TPSA) is 64.1 Å². The summed E-state index contributed by atoms with van der Waals surface area (Å²) < 4.78 is 0. The molecule has 2 amide bonds. The van der Waals surface area contributed by atoms with Gasteiger partial charge >= 0.3 is 0 Å². The van der Waals surface area contributed by atoms with Crippen molar-refractivity contribution in [1.29, 1.82) is 0 Å². The summed E-state index contributed by atoms with van der Waals surface area (Å²) in [4.78, 5) is 29.0. The van der Waals surface area contributed by atoms with Crippen LogP contribution in [0.1, 0.15) is 93.4 Å². The van der Waals surface area contributed by atoms with E-state index in [0.29, 0.717) is 11.8 Å². The average Bonchev–Trinajstić information content (AvgIpc) is 3.24. The van der Waals surface area contributed by atoms with Crippen LogP contribution in [-0.4, -0.2) is 77.0 Å². The van der Waals surface area contributed by atoms with Gasteiger partial charge in [-0.1, -0.05) is 55.0 Å². The first kappa shape index (κ1) is 30.5. The highest BCUT2D eigenvalue weighted by atomic mass is 16.3. The largest absolute Gasteiger partial charge is 0.391 e. The summed E-state index contributed by atoms with van der Waals surface area (Å²) in [5, 5.41) is 9.33. The van der Waals surface area contributed by atoms with E-state index in [1.54, 1.807) is 0 Å². The summed E-state index contributed by atoms with van der Waals surface area (Å²) in [5.41, 5.74) is 1.27. The van der Waals surface area contributed by atoms with Crippen molar-refractivity contribution in [3.8, 4) is 0 Å². The molecule has 0 bridgehead atoms. The van der Waals surface area contributed by atoms with Gasteiger partial charge in [0.05, 0.1) is 6.10 Å². The van der Waals surface area contributed by atoms with Crippen LogP contribution in [0.25, 0.3) is 0 Å². The van der Waals surface area contributed by atoms with Crippen molar-refractivity contribution in [2.24, 2.45) is 17.3 Å². The Bertz CT molecular complexity index is 593. The third kappa shape index (κ3) is 10.8. The Kier molecular flexibility index (Phi) is 13.2. The maximum Gasteiger partial charge on any atom is 0.225 e. The van der Waals surface area contributed by atoms with Crippen molar-refractivity contribution in [3.05, 3.63) is 12.3 Å². The van der Waals surface area contributed by atoms with Crippen molar-refractivity contribution < 1.29 is 14.7 Å². The van der Waals surface area contributed by atoms with Crippen molar-refractivity contribution in [2.75, 3.05) is 39.3 Å². The van der Waals surface area contributed by atoms with Gasteiger partial charge in [-0.05, 0) is 44.9 Å². The van der Waals surface area contributed by atoms with Crippen LogP contribution in [0.5, 0.6) is 0 Å². The summed E-state index contributed by atoms with van der Waals surface area (Å²) in [6, 6.07) is 0.